The van der Waals surface area contributed by atoms with Crippen molar-refractivity contribution in [1.29, 1.82) is 0 Å². The minimum Gasteiger partial charge on any atom is -0.323 e. The minimum absolute atomic E-state index is 0.276. The van der Waals surface area contributed by atoms with Crippen molar-refractivity contribution in [2.24, 2.45) is 11.7 Å². The fourth-order valence-corrected chi connectivity index (χ4v) is 1.30. The smallest absolute Gasteiger partial charge is 0.241 e. The Morgan fingerprint density at radius 3 is 2.75 bits per heavy atom. The maximum atomic E-state index is 12.5. The highest BCUT2D eigenvalue weighted by molar-refractivity contribution is 5.94. The molecule has 0 aliphatic carbocycles. The van der Waals surface area contributed by atoms with Crippen molar-refractivity contribution in [3.63, 3.8) is 0 Å². The van der Waals surface area contributed by atoms with Gasteiger partial charge in [0.05, 0.1) is 17.9 Å². The van der Waals surface area contributed by atoms with Crippen molar-refractivity contribution in [3.8, 4) is 0 Å². The van der Waals surface area contributed by atoms with E-state index in [4.69, 9.17) is 5.73 Å². The van der Waals surface area contributed by atoms with Crippen LogP contribution in [0.5, 0.6) is 0 Å². The number of nitrogens with zero attached hydrogens (tertiary/aromatic N) is 1. The van der Waals surface area contributed by atoms with Crippen LogP contribution in [-0.2, 0) is 4.79 Å². The van der Waals surface area contributed by atoms with E-state index in [9.17, 15) is 9.18 Å². The Labute approximate surface area is 94.1 Å². The van der Waals surface area contributed by atoms with Gasteiger partial charge in [0, 0.05) is 0 Å². The van der Waals surface area contributed by atoms with Gasteiger partial charge in [0.15, 0.2) is 0 Å². The number of hydrogen-bond acceptors (Lipinski definition) is 3. The molecule has 0 bridgehead atoms. The van der Waals surface area contributed by atoms with Crippen LogP contribution >= 0.6 is 0 Å². The molecule has 0 radical (unpaired) electrons. The lowest BCUT2D eigenvalue weighted by molar-refractivity contribution is -0.117. The van der Waals surface area contributed by atoms with Crippen LogP contribution in [0, 0.1) is 11.9 Å². The van der Waals surface area contributed by atoms with Crippen LogP contribution in [0.25, 0.3) is 0 Å². The molecule has 0 aliphatic heterocycles. The quantitative estimate of drug-likeness (QED) is 0.763. The SMILES string of the molecule is CC(C)C[C@@H](N)C(=O)Nc1ccc(F)nc1. The van der Waals surface area contributed by atoms with Gasteiger partial charge in [0.2, 0.25) is 11.9 Å². The van der Waals surface area contributed by atoms with E-state index in [0.29, 0.717) is 18.0 Å². The second-order valence-electron chi connectivity index (χ2n) is 4.09. The molecule has 1 heterocycles. The molecule has 4 nitrogen and oxygen atoms in total. The van der Waals surface area contributed by atoms with Gasteiger partial charge in [-0.05, 0) is 24.5 Å². The summed E-state index contributed by atoms with van der Waals surface area (Å²) in [6, 6.07) is 2.08. The molecule has 1 aromatic heterocycles. The van der Waals surface area contributed by atoms with Crippen molar-refractivity contribution >= 4 is 11.6 Å². The molecule has 0 unspecified atom stereocenters. The number of nitrogens with one attached hydrogen (secondary N) is 1. The monoisotopic (exact) mass is 225 g/mol. The summed E-state index contributed by atoms with van der Waals surface area (Å²) >= 11 is 0. The van der Waals surface area contributed by atoms with Crippen LogP contribution < -0.4 is 11.1 Å². The molecule has 1 aromatic rings. The number of hydrogen-bond donors (Lipinski definition) is 2. The molecule has 0 saturated heterocycles. The van der Waals surface area contributed by atoms with Crippen molar-refractivity contribution in [2.45, 2.75) is 26.3 Å². The van der Waals surface area contributed by atoms with Crippen molar-refractivity contribution in [3.05, 3.63) is 24.3 Å². The predicted octanol–water partition coefficient (Wildman–Crippen LogP) is 1.53. The maximum Gasteiger partial charge on any atom is 0.241 e. The zero-order valence-corrected chi connectivity index (χ0v) is 9.40. The lowest BCUT2D eigenvalue weighted by Gasteiger charge is -2.13. The Bertz CT molecular complexity index is 351. The highest BCUT2D eigenvalue weighted by Gasteiger charge is 2.14. The van der Waals surface area contributed by atoms with Gasteiger partial charge in [0.1, 0.15) is 0 Å². The van der Waals surface area contributed by atoms with E-state index in [1.807, 2.05) is 13.8 Å². The van der Waals surface area contributed by atoms with Crippen molar-refractivity contribution < 1.29 is 9.18 Å². The molecule has 16 heavy (non-hydrogen) atoms. The largest absolute Gasteiger partial charge is 0.323 e. The third kappa shape index (κ3) is 3.94. The molecular weight excluding hydrogens is 209 g/mol. The van der Waals surface area contributed by atoms with Gasteiger partial charge in [-0.15, -0.1) is 0 Å². The van der Waals surface area contributed by atoms with Crippen molar-refractivity contribution in [1.82, 2.24) is 4.98 Å². The van der Waals surface area contributed by atoms with Crippen LogP contribution in [0.1, 0.15) is 20.3 Å². The Hall–Kier alpha value is -1.49. The topological polar surface area (TPSA) is 68.0 Å². The Kier molecular flexibility index (Phi) is 4.37. The van der Waals surface area contributed by atoms with Gasteiger partial charge < -0.3 is 11.1 Å². The molecule has 5 heteroatoms. The second-order valence-corrected chi connectivity index (χ2v) is 4.09. The summed E-state index contributed by atoms with van der Waals surface area (Å²) in [6.07, 6.45) is 1.87. The molecule has 1 atom stereocenters. The van der Waals surface area contributed by atoms with Crippen LogP contribution in [0.2, 0.25) is 0 Å². The maximum absolute atomic E-state index is 12.5. The number of carbonyl (C=O) groups excluding carboxylic acids is 1. The third-order valence-corrected chi connectivity index (χ3v) is 2.06. The number of pyridine rings is 1. The summed E-state index contributed by atoms with van der Waals surface area (Å²) in [4.78, 5) is 15.0. The Morgan fingerprint density at radius 2 is 2.25 bits per heavy atom. The lowest BCUT2D eigenvalue weighted by atomic mass is 10.0. The fraction of sp³-hybridized carbons (Fsp3) is 0.455. The first-order valence-electron chi connectivity index (χ1n) is 5.17. The zero-order chi connectivity index (χ0) is 12.1. The first-order valence-corrected chi connectivity index (χ1v) is 5.17. The summed E-state index contributed by atoms with van der Waals surface area (Å²) in [5.74, 6) is -0.501. The number of rotatable bonds is 4. The molecule has 1 rings (SSSR count). The zero-order valence-electron chi connectivity index (χ0n) is 9.40. The summed E-state index contributed by atoms with van der Waals surface area (Å²) in [5, 5.41) is 2.58. The van der Waals surface area contributed by atoms with Crippen molar-refractivity contribution in [2.75, 3.05) is 5.32 Å². The Balaban J connectivity index is 2.54. The van der Waals surface area contributed by atoms with E-state index in [1.54, 1.807) is 0 Å². The molecule has 3 N–H and O–H groups in total. The molecule has 0 saturated carbocycles. The summed E-state index contributed by atoms with van der Waals surface area (Å²) in [7, 11) is 0. The number of nitrogens with two attached hydrogens (primary N) is 1. The first kappa shape index (κ1) is 12.6. The highest BCUT2D eigenvalue weighted by Crippen LogP contribution is 2.08. The van der Waals surface area contributed by atoms with Gasteiger partial charge in [-0.2, -0.15) is 4.39 Å². The van der Waals surface area contributed by atoms with Gasteiger partial charge in [-0.3, -0.25) is 4.79 Å². The van der Waals surface area contributed by atoms with E-state index < -0.39 is 12.0 Å². The second kappa shape index (κ2) is 5.55. The average Bonchev–Trinajstić information content (AvgIpc) is 2.20. The summed E-state index contributed by atoms with van der Waals surface area (Å²) in [5.41, 5.74) is 6.14. The third-order valence-electron chi connectivity index (χ3n) is 2.06. The van der Waals surface area contributed by atoms with E-state index in [2.05, 4.69) is 10.3 Å². The molecule has 0 aliphatic rings. The van der Waals surface area contributed by atoms with Gasteiger partial charge in [-0.25, -0.2) is 4.98 Å². The number of aromatic nitrogens is 1. The first-order chi connectivity index (χ1) is 7.49. The predicted molar refractivity (Wildman–Crippen MR) is 60.3 cm³/mol. The number of carbonyl (C=O) groups is 1. The van der Waals surface area contributed by atoms with E-state index in [1.165, 1.54) is 18.3 Å². The number of amides is 1. The molecular formula is C11H16FN3O. The standard InChI is InChI=1S/C11H16FN3O/c1-7(2)5-9(13)11(16)15-8-3-4-10(12)14-6-8/h3-4,6-7,9H,5,13H2,1-2H3,(H,15,16)/t9-/m1/s1. The van der Waals surface area contributed by atoms with E-state index in [-0.39, 0.29) is 5.91 Å². The Morgan fingerprint density at radius 1 is 1.56 bits per heavy atom. The van der Waals surface area contributed by atoms with Crippen LogP contribution in [0.3, 0.4) is 0 Å². The minimum atomic E-state index is -0.579. The normalized spacial score (nSPS) is 12.6. The van der Waals surface area contributed by atoms with E-state index >= 15 is 0 Å². The fourth-order valence-electron chi connectivity index (χ4n) is 1.30. The van der Waals surface area contributed by atoms with Gasteiger partial charge >= 0.3 is 0 Å². The number of halogens is 1. The van der Waals surface area contributed by atoms with Gasteiger partial charge in [-0.1, -0.05) is 13.8 Å². The van der Waals surface area contributed by atoms with E-state index in [0.717, 1.165) is 0 Å². The van der Waals surface area contributed by atoms with Crippen LogP contribution in [0.4, 0.5) is 10.1 Å². The van der Waals surface area contributed by atoms with Gasteiger partial charge in [0.25, 0.3) is 0 Å². The lowest BCUT2D eigenvalue weighted by Crippen LogP contribution is -2.36. The highest BCUT2D eigenvalue weighted by atomic mass is 19.1. The molecule has 1 amide bonds. The molecule has 0 fully saturated rings. The average molecular weight is 225 g/mol. The van der Waals surface area contributed by atoms with Crippen LogP contribution in [0.15, 0.2) is 18.3 Å². The number of anilines is 1. The molecule has 0 spiro atoms. The summed E-state index contributed by atoms with van der Waals surface area (Å²) < 4.78 is 12.5. The molecule has 88 valence electrons. The van der Waals surface area contributed by atoms with Crippen LogP contribution in [-0.4, -0.2) is 16.9 Å². The molecule has 0 aromatic carbocycles. The summed E-state index contributed by atoms with van der Waals surface area (Å²) in [6.45, 7) is 3.99.